The van der Waals surface area contributed by atoms with E-state index in [1.807, 2.05) is 0 Å². The van der Waals surface area contributed by atoms with E-state index in [2.05, 4.69) is 15.0 Å². The van der Waals surface area contributed by atoms with E-state index in [-0.39, 0.29) is 22.7 Å². The lowest BCUT2D eigenvalue weighted by atomic mass is 10.1. The van der Waals surface area contributed by atoms with Gasteiger partial charge in [-0.2, -0.15) is 18.2 Å². The Morgan fingerprint density at radius 2 is 1.69 bits per heavy atom. The minimum Gasteiger partial charge on any atom is -0.497 e. The first kappa shape index (κ1) is 23.1. The molecule has 3 aromatic heterocycles. The Kier molecular flexibility index (Phi) is 5.50. The number of aryl methyl sites for hydroxylation is 1. The highest BCUT2D eigenvalue weighted by Gasteiger charge is 2.29. The lowest BCUT2D eigenvalue weighted by Gasteiger charge is -2.14. The lowest BCUT2D eigenvalue weighted by Crippen LogP contribution is -2.24. The van der Waals surface area contributed by atoms with Crippen molar-refractivity contribution < 1.29 is 22.6 Å². The van der Waals surface area contributed by atoms with Gasteiger partial charge in [-0.3, -0.25) is 9.36 Å². The van der Waals surface area contributed by atoms with Gasteiger partial charge >= 0.3 is 6.18 Å². The maximum absolute atomic E-state index is 13.8. The Hall–Kier alpha value is -4.61. The third-order valence-electron chi connectivity index (χ3n) is 5.58. The van der Waals surface area contributed by atoms with Gasteiger partial charge in [-0.05, 0) is 42.5 Å². The first-order chi connectivity index (χ1) is 17.1. The van der Waals surface area contributed by atoms with Gasteiger partial charge in [0.05, 0.1) is 23.8 Å². The van der Waals surface area contributed by atoms with Crippen LogP contribution in [0.1, 0.15) is 0 Å². The minimum atomic E-state index is -4.54. The number of imidazole rings is 1. The van der Waals surface area contributed by atoms with E-state index in [0.717, 1.165) is 0 Å². The van der Waals surface area contributed by atoms with Crippen LogP contribution in [-0.2, 0) is 7.05 Å². The summed E-state index contributed by atoms with van der Waals surface area (Å²) in [6.45, 7) is -1.52. The molecule has 0 aliphatic rings. The Morgan fingerprint density at radius 3 is 2.39 bits per heavy atom. The number of nitrogens with two attached hydrogens (primary N) is 1. The maximum Gasteiger partial charge on any atom is 0.422 e. The molecule has 2 aromatic carbocycles. The van der Waals surface area contributed by atoms with Crippen LogP contribution in [0.25, 0.3) is 39.1 Å². The SMILES string of the molecule is COc1ccc(-n2c(=O)c(-c3ccc4nc(N)n(C)c4c3)nc3ccc(OCC(F)(F)F)nc32)cc1. The molecule has 0 saturated heterocycles. The van der Waals surface area contributed by atoms with Crippen LogP contribution < -0.4 is 20.8 Å². The second-order valence-corrected chi connectivity index (χ2v) is 7.93. The van der Waals surface area contributed by atoms with E-state index in [1.165, 1.54) is 23.8 Å². The Labute approximate surface area is 201 Å². The molecule has 5 aromatic rings. The maximum atomic E-state index is 13.8. The summed E-state index contributed by atoms with van der Waals surface area (Å²) in [5, 5.41) is 0. The quantitative estimate of drug-likeness (QED) is 0.393. The molecule has 2 N–H and O–H groups in total. The highest BCUT2D eigenvalue weighted by atomic mass is 19.4. The molecular formula is C24H19F3N6O3. The van der Waals surface area contributed by atoms with Crippen molar-refractivity contribution >= 4 is 28.1 Å². The van der Waals surface area contributed by atoms with Gasteiger partial charge in [0.1, 0.15) is 17.0 Å². The van der Waals surface area contributed by atoms with Crippen LogP contribution in [0.3, 0.4) is 0 Å². The number of nitrogen functional groups attached to an aromatic ring is 1. The Bertz CT molecular complexity index is 1660. The third-order valence-corrected chi connectivity index (χ3v) is 5.58. The fourth-order valence-electron chi connectivity index (χ4n) is 3.80. The number of anilines is 1. The molecule has 3 heterocycles. The summed E-state index contributed by atoms with van der Waals surface area (Å²) in [6, 6.07) is 14.5. The summed E-state index contributed by atoms with van der Waals surface area (Å²) in [4.78, 5) is 26.7. The predicted octanol–water partition coefficient (Wildman–Crippen LogP) is 3.87. The molecule has 5 rings (SSSR count). The number of halogens is 3. The van der Waals surface area contributed by atoms with Gasteiger partial charge in [0.25, 0.3) is 5.56 Å². The molecule has 0 spiro atoms. The summed E-state index contributed by atoms with van der Waals surface area (Å²) < 4.78 is 51.0. The van der Waals surface area contributed by atoms with Crippen molar-refractivity contribution in [2.24, 2.45) is 7.05 Å². The summed E-state index contributed by atoms with van der Waals surface area (Å²) in [5.41, 5.74) is 8.11. The number of alkyl halides is 3. The van der Waals surface area contributed by atoms with E-state index < -0.39 is 18.3 Å². The molecule has 0 bridgehead atoms. The normalized spacial score (nSPS) is 11.8. The van der Waals surface area contributed by atoms with E-state index in [1.54, 1.807) is 54.1 Å². The molecule has 0 unspecified atom stereocenters. The van der Waals surface area contributed by atoms with Crippen LogP contribution in [0.2, 0.25) is 0 Å². The summed E-state index contributed by atoms with van der Waals surface area (Å²) in [6.07, 6.45) is -4.54. The first-order valence-corrected chi connectivity index (χ1v) is 10.6. The number of methoxy groups -OCH3 is 1. The number of ether oxygens (including phenoxy) is 2. The van der Waals surface area contributed by atoms with Crippen LogP contribution in [0.15, 0.2) is 59.4 Å². The fraction of sp³-hybridized carbons (Fsp3) is 0.167. The van der Waals surface area contributed by atoms with Crippen molar-refractivity contribution in [3.05, 3.63) is 65.0 Å². The van der Waals surface area contributed by atoms with E-state index in [9.17, 15) is 18.0 Å². The number of hydrogen-bond donors (Lipinski definition) is 1. The number of hydrogen-bond acceptors (Lipinski definition) is 7. The van der Waals surface area contributed by atoms with Gasteiger partial charge in [0, 0.05) is 18.7 Å². The van der Waals surface area contributed by atoms with Crippen molar-refractivity contribution in [1.29, 1.82) is 0 Å². The highest BCUT2D eigenvalue weighted by molar-refractivity contribution is 5.85. The number of fused-ring (bicyclic) bond motifs is 2. The van der Waals surface area contributed by atoms with Crippen molar-refractivity contribution in [3.63, 3.8) is 0 Å². The van der Waals surface area contributed by atoms with Crippen LogP contribution in [0.5, 0.6) is 11.6 Å². The number of benzene rings is 2. The predicted molar refractivity (Wildman–Crippen MR) is 127 cm³/mol. The second kappa shape index (κ2) is 8.56. The zero-order valence-corrected chi connectivity index (χ0v) is 19.1. The molecule has 184 valence electrons. The zero-order chi connectivity index (χ0) is 25.6. The molecule has 0 aliphatic heterocycles. The second-order valence-electron chi connectivity index (χ2n) is 7.93. The fourth-order valence-corrected chi connectivity index (χ4v) is 3.80. The molecule has 36 heavy (non-hydrogen) atoms. The van der Waals surface area contributed by atoms with Crippen LogP contribution in [-0.4, -0.2) is 44.0 Å². The summed E-state index contributed by atoms with van der Waals surface area (Å²) in [7, 11) is 3.26. The minimum absolute atomic E-state index is 0.0412. The van der Waals surface area contributed by atoms with Gasteiger partial charge in [-0.25, -0.2) is 9.97 Å². The van der Waals surface area contributed by atoms with Gasteiger partial charge in [0.2, 0.25) is 11.8 Å². The number of aromatic nitrogens is 5. The molecule has 0 radical (unpaired) electrons. The van der Waals surface area contributed by atoms with Crippen LogP contribution >= 0.6 is 0 Å². The number of pyridine rings is 1. The third kappa shape index (κ3) is 4.17. The Morgan fingerprint density at radius 1 is 0.972 bits per heavy atom. The summed E-state index contributed by atoms with van der Waals surface area (Å²) in [5.74, 6) is 0.592. The van der Waals surface area contributed by atoms with Gasteiger partial charge in [0.15, 0.2) is 12.3 Å². The van der Waals surface area contributed by atoms with Gasteiger partial charge < -0.3 is 19.8 Å². The molecule has 0 amide bonds. The van der Waals surface area contributed by atoms with E-state index in [0.29, 0.717) is 34.0 Å². The van der Waals surface area contributed by atoms with E-state index in [4.69, 9.17) is 15.2 Å². The van der Waals surface area contributed by atoms with Crippen molar-refractivity contribution in [3.8, 4) is 28.6 Å². The largest absolute Gasteiger partial charge is 0.497 e. The van der Waals surface area contributed by atoms with Crippen LogP contribution in [0, 0.1) is 0 Å². The Balaban J connectivity index is 1.74. The number of rotatable bonds is 5. The smallest absolute Gasteiger partial charge is 0.422 e. The topological polar surface area (TPSA) is 110 Å². The molecule has 9 nitrogen and oxygen atoms in total. The lowest BCUT2D eigenvalue weighted by molar-refractivity contribution is -0.154. The van der Waals surface area contributed by atoms with Crippen molar-refractivity contribution in [2.75, 3.05) is 19.5 Å². The molecule has 0 atom stereocenters. The molecule has 12 heteroatoms. The monoisotopic (exact) mass is 496 g/mol. The van der Waals surface area contributed by atoms with Gasteiger partial charge in [-0.15, -0.1) is 0 Å². The molecule has 0 saturated carbocycles. The average Bonchev–Trinajstić information content (AvgIpc) is 3.14. The highest BCUT2D eigenvalue weighted by Crippen LogP contribution is 2.26. The molecule has 0 aliphatic carbocycles. The average molecular weight is 496 g/mol. The standard InChI is InChI=1S/C24H19F3N6O3/c1-32-18-11-13(3-8-16(18)30-23(32)28)20-22(34)33(14-4-6-15(35-2)7-5-14)21-17(29-20)9-10-19(31-21)36-12-24(25,26)27/h3-11H,12H2,1-2H3,(H2,28,30). The first-order valence-electron chi connectivity index (χ1n) is 10.6. The van der Waals surface area contributed by atoms with Crippen LogP contribution in [0.4, 0.5) is 19.1 Å². The van der Waals surface area contributed by atoms with E-state index >= 15 is 0 Å². The molecular weight excluding hydrogens is 477 g/mol. The molecule has 0 fully saturated rings. The zero-order valence-electron chi connectivity index (χ0n) is 19.1. The van der Waals surface area contributed by atoms with Gasteiger partial charge in [-0.1, -0.05) is 6.07 Å². The van der Waals surface area contributed by atoms with Crippen molar-refractivity contribution in [2.45, 2.75) is 6.18 Å². The number of nitrogens with zero attached hydrogens (tertiary/aromatic N) is 5. The summed E-state index contributed by atoms with van der Waals surface area (Å²) >= 11 is 0. The van der Waals surface area contributed by atoms with Crippen molar-refractivity contribution in [1.82, 2.24) is 24.1 Å².